The Morgan fingerprint density at radius 2 is 1.33 bits per heavy atom. The van der Waals surface area contributed by atoms with Crippen molar-refractivity contribution in [1.29, 1.82) is 0 Å². The quantitative estimate of drug-likeness (QED) is 0.324. The molecule has 0 aliphatic heterocycles. The average molecular weight is 228 g/mol. The monoisotopic (exact) mass is 228 g/mol. The second-order valence-corrected chi connectivity index (χ2v) is 2.00. The summed E-state index contributed by atoms with van der Waals surface area (Å²) in [5.41, 5.74) is 0. The summed E-state index contributed by atoms with van der Waals surface area (Å²) in [5.74, 6) is -3.95. The predicted molar refractivity (Wildman–Crippen MR) is 41.1 cm³/mol. The third kappa shape index (κ3) is 24.6. The fourth-order valence-electron chi connectivity index (χ4n) is 0.143. The van der Waals surface area contributed by atoms with Gasteiger partial charge in [-0.3, -0.25) is 0 Å². The van der Waals surface area contributed by atoms with E-state index in [1.165, 1.54) is 0 Å². The van der Waals surface area contributed by atoms with Crippen LogP contribution in [0, 0.1) is 0 Å². The van der Waals surface area contributed by atoms with E-state index in [1.54, 1.807) is 0 Å². The molecule has 0 bridgehead atoms. The second-order valence-electron chi connectivity index (χ2n) is 2.00. The van der Waals surface area contributed by atoms with Crippen LogP contribution in [0.1, 0.15) is 6.92 Å². The molecule has 80 valence electrons. The molecule has 0 aliphatic rings. The fraction of sp³-hybridized carbons (Fsp3) is 0.286. The number of carboxylic acids is 3. The molecule has 0 rings (SSSR count). The maximum atomic E-state index is 9.55. The van der Waals surface area contributed by atoms with Gasteiger partial charge in [-0.25, -0.2) is 9.59 Å². The standard InChI is InChI=1S/C4H4O4.C3H6O3.Na/c5-3(6)1-2-4(7)8;1-2(4)3(5)6;/h1-2H,(H,5,6)(H,7,8);2,4H,1H3,(H,5,6);/q;;+1/p-1/b2-1+;;. The Hall–Kier alpha value is -0.890. The van der Waals surface area contributed by atoms with Crippen LogP contribution in [0.4, 0.5) is 0 Å². The Balaban J connectivity index is -0.000000187. The minimum atomic E-state index is -1.44. The zero-order valence-corrected chi connectivity index (χ0v) is 10.2. The zero-order valence-electron chi connectivity index (χ0n) is 8.21. The molecule has 0 aliphatic carbocycles. The summed E-state index contributed by atoms with van der Waals surface area (Å²) < 4.78 is 0. The van der Waals surface area contributed by atoms with Crippen molar-refractivity contribution in [1.82, 2.24) is 0 Å². The van der Waals surface area contributed by atoms with Crippen molar-refractivity contribution in [2.24, 2.45) is 0 Å². The first kappa shape index (κ1) is 19.6. The molecule has 0 amide bonds. The van der Waals surface area contributed by atoms with Gasteiger partial charge in [0.05, 0.1) is 12.1 Å². The molecule has 3 N–H and O–H groups in total. The van der Waals surface area contributed by atoms with Gasteiger partial charge in [0.1, 0.15) is 0 Å². The maximum Gasteiger partial charge on any atom is 1.00 e. The van der Waals surface area contributed by atoms with E-state index < -0.39 is 24.0 Å². The summed E-state index contributed by atoms with van der Waals surface area (Å²) in [7, 11) is 0. The van der Waals surface area contributed by atoms with Gasteiger partial charge in [-0.15, -0.1) is 0 Å². The summed E-state index contributed by atoms with van der Waals surface area (Å²) in [6.45, 7) is 1.13. The Morgan fingerprint density at radius 1 is 1.13 bits per heavy atom. The van der Waals surface area contributed by atoms with E-state index in [0.29, 0.717) is 12.2 Å². The van der Waals surface area contributed by atoms with Crippen molar-refractivity contribution in [3.8, 4) is 0 Å². The third-order valence-electron chi connectivity index (χ3n) is 0.710. The van der Waals surface area contributed by atoms with Crippen LogP contribution in [0.25, 0.3) is 0 Å². The fourth-order valence-corrected chi connectivity index (χ4v) is 0.143. The van der Waals surface area contributed by atoms with Crippen molar-refractivity contribution in [3.63, 3.8) is 0 Å². The number of aliphatic hydroxyl groups excluding tert-OH is 1. The van der Waals surface area contributed by atoms with Gasteiger partial charge < -0.3 is 25.2 Å². The SMILES string of the molecule is CC(O)C(=O)[O-].O=C(O)/C=C/C(=O)O.[Na+]. The molecule has 0 spiro atoms. The van der Waals surface area contributed by atoms with Gasteiger partial charge in [-0.1, -0.05) is 0 Å². The van der Waals surface area contributed by atoms with Crippen molar-refractivity contribution in [2.45, 2.75) is 13.0 Å². The van der Waals surface area contributed by atoms with Crippen molar-refractivity contribution in [2.75, 3.05) is 0 Å². The van der Waals surface area contributed by atoms with Crippen LogP contribution in [0.3, 0.4) is 0 Å². The summed E-state index contributed by atoms with van der Waals surface area (Å²) in [6.07, 6.45) is -0.227. The number of carbonyl (C=O) groups excluding carboxylic acids is 1. The van der Waals surface area contributed by atoms with Gasteiger partial charge in [0.25, 0.3) is 0 Å². The van der Waals surface area contributed by atoms with Gasteiger partial charge in [0, 0.05) is 12.2 Å². The summed E-state index contributed by atoms with van der Waals surface area (Å²) >= 11 is 0. The molecule has 0 aromatic carbocycles. The molecule has 0 aromatic heterocycles. The Labute approximate surface area is 107 Å². The number of aliphatic carboxylic acids is 3. The van der Waals surface area contributed by atoms with E-state index in [4.69, 9.17) is 15.3 Å². The Kier molecular flexibility index (Phi) is 14.7. The molecule has 0 saturated heterocycles. The second kappa shape index (κ2) is 11.2. The first-order valence-electron chi connectivity index (χ1n) is 3.30. The predicted octanol–water partition coefficient (Wildman–Crippen LogP) is -5.17. The van der Waals surface area contributed by atoms with Crippen LogP contribution in [0.15, 0.2) is 12.2 Å². The third-order valence-corrected chi connectivity index (χ3v) is 0.710. The molecular weight excluding hydrogens is 219 g/mol. The van der Waals surface area contributed by atoms with E-state index in [2.05, 4.69) is 0 Å². The van der Waals surface area contributed by atoms with Crippen molar-refractivity contribution < 1.29 is 64.4 Å². The van der Waals surface area contributed by atoms with Gasteiger partial charge in [0.2, 0.25) is 0 Å². The minimum absolute atomic E-state index is 0. The number of carboxylic acid groups (broad SMARTS) is 3. The Morgan fingerprint density at radius 3 is 1.40 bits per heavy atom. The number of carbonyl (C=O) groups is 3. The maximum absolute atomic E-state index is 9.55. The smallest absolute Gasteiger partial charge is 0.547 e. The molecule has 0 fully saturated rings. The van der Waals surface area contributed by atoms with E-state index in [1.807, 2.05) is 0 Å². The summed E-state index contributed by atoms with van der Waals surface area (Å²) in [4.78, 5) is 28.4. The van der Waals surface area contributed by atoms with E-state index in [9.17, 15) is 19.5 Å². The van der Waals surface area contributed by atoms with E-state index in [-0.39, 0.29) is 29.6 Å². The van der Waals surface area contributed by atoms with Crippen LogP contribution in [-0.4, -0.2) is 39.3 Å². The number of hydrogen-bond acceptors (Lipinski definition) is 5. The van der Waals surface area contributed by atoms with Gasteiger partial charge in [-0.05, 0) is 6.92 Å². The number of aliphatic hydroxyl groups is 1. The molecule has 0 aromatic rings. The first-order valence-corrected chi connectivity index (χ1v) is 3.30. The number of rotatable bonds is 3. The molecule has 7 nitrogen and oxygen atoms in total. The van der Waals surface area contributed by atoms with Crippen LogP contribution < -0.4 is 34.7 Å². The first-order chi connectivity index (χ1) is 6.27. The molecule has 1 atom stereocenters. The molecule has 1 unspecified atom stereocenters. The van der Waals surface area contributed by atoms with Gasteiger partial charge in [-0.2, -0.15) is 0 Å². The molecule has 0 radical (unpaired) electrons. The largest absolute Gasteiger partial charge is 1.00 e. The molecular formula is C7H9NaO7. The minimum Gasteiger partial charge on any atom is -0.547 e. The van der Waals surface area contributed by atoms with Gasteiger partial charge >= 0.3 is 41.5 Å². The van der Waals surface area contributed by atoms with Crippen LogP contribution in [0.2, 0.25) is 0 Å². The van der Waals surface area contributed by atoms with Crippen LogP contribution in [-0.2, 0) is 14.4 Å². The van der Waals surface area contributed by atoms with Crippen molar-refractivity contribution >= 4 is 17.9 Å². The van der Waals surface area contributed by atoms with Crippen molar-refractivity contribution in [3.05, 3.63) is 12.2 Å². The van der Waals surface area contributed by atoms with Gasteiger partial charge in [0.15, 0.2) is 0 Å². The Bertz CT molecular complexity index is 230. The van der Waals surface area contributed by atoms with E-state index >= 15 is 0 Å². The van der Waals surface area contributed by atoms with Crippen LogP contribution >= 0.6 is 0 Å². The number of hydrogen-bond donors (Lipinski definition) is 3. The average Bonchev–Trinajstić information content (AvgIpc) is 2.01. The molecule has 0 heterocycles. The molecule has 8 heteroatoms. The summed E-state index contributed by atoms with van der Waals surface area (Å²) in [6, 6.07) is 0. The van der Waals surface area contributed by atoms with E-state index in [0.717, 1.165) is 6.92 Å². The topological polar surface area (TPSA) is 135 Å². The normalized spacial score (nSPS) is 10.5. The zero-order chi connectivity index (χ0) is 11.7. The summed E-state index contributed by atoms with van der Waals surface area (Å²) in [5, 5.41) is 32.9. The van der Waals surface area contributed by atoms with Crippen LogP contribution in [0.5, 0.6) is 0 Å². The molecule has 15 heavy (non-hydrogen) atoms. The molecule has 0 saturated carbocycles.